The van der Waals surface area contributed by atoms with Gasteiger partial charge < -0.3 is 4.42 Å². The molecule has 0 saturated heterocycles. The predicted octanol–water partition coefficient (Wildman–Crippen LogP) is 2.64. The first-order chi connectivity index (χ1) is 10.1. The van der Waals surface area contributed by atoms with Gasteiger partial charge in [0.05, 0.1) is 17.6 Å². The maximum Gasteiger partial charge on any atom is 0.273 e. The topological polar surface area (TPSA) is 97.7 Å². The van der Waals surface area contributed by atoms with E-state index in [9.17, 15) is 14.9 Å². The fourth-order valence-electron chi connectivity index (χ4n) is 1.62. The summed E-state index contributed by atoms with van der Waals surface area (Å²) in [4.78, 5) is 22.0. The molecule has 0 aliphatic carbocycles. The molecular formula is C13H10BrN3O4. The quantitative estimate of drug-likeness (QED) is 0.508. The number of nitrogens with zero attached hydrogens (tertiary/aromatic N) is 2. The van der Waals surface area contributed by atoms with Crippen LogP contribution in [0.1, 0.15) is 11.3 Å². The lowest BCUT2D eigenvalue weighted by atomic mass is 10.1. The maximum absolute atomic E-state index is 11.7. The fourth-order valence-corrected chi connectivity index (χ4v) is 1.94. The summed E-state index contributed by atoms with van der Waals surface area (Å²) < 4.78 is 5.71. The van der Waals surface area contributed by atoms with Gasteiger partial charge in [-0.1, -0.05) is 18.2 Å². The number of hydrazone groups is 1. The molecule has 8 heteroatoms. The van der Waals surface area contributed by atoms with Gasteiger partial charge in [0.25, 0.3) is 5.69 Å². The Balaban J connectivity index is 1.96. The van der Waals surface area contributed by atoms with Crippen molar-refractivity contribution in [1.29, 1.82) is 0 Å². The van der Waals surface area contributed by atoms with E-state index < -0.39 is 10.8 Å². The van der Waals surface area contributed by atoms with Crippen molar-refractivity contribution in [2.45, 2.75) is 6.42 Å². The third-order valence-electron chi connectivity index (χ3n) is 2.51. The molecule has 7 nitrogen and oxygen atoms in total. The van der Waals surface area contributed by atoms with Crippen LogP contribution in [0, 0.1) is 10.1 Å². The predicted molar refractivity (Wildman–Crippen MR) is 78.9 cm³/mol. The third-order valence-corrected chi connectivity index (χ3v) is 2.94. The molecule has 0 aliphatic rings. The van der Waals surface area contributed by atoms with Gasteiger partial charge in [-0.05, 0) is 28.1 Å². The monoisotopic (exact) mass is 351 g/mol. The molecule has 1 heterocycles. The molecule has 1 aromatic carbocycles. The number of carbonyl (C=O) groups excluding carboxylic acids is 1. The molecule has 0 spiro atoms. The number of nitro benzene ring substituents is 1. The van der Waals surface area contributed by atoms with Crippen molar-refractivity contribution in [3.05, 3.63) is 62.5 Å². The second-order valence-corrected chi connectivity index (χ2v) is 4.78. The summed E-state index contributed by atoms with van der Waals surface area (Å²) in [6, 6.07) is 9.43. The second kappa shape index (κ2) is 6.80. The van der Waals surface area contributed by atoms with Gasteiger partial charge in [0.15, 0.2) is 4.67 Å². The van der Waals surface area contributed by atoms with E-state index in [1.165, 1.54) is 18.3 Å². The summed E-state index contributed by atoms with van der Waals surface area (Å²) in [6.07, 6.45) is 1.21. The maximum atomic E-state index is 11.7. The number of hydrogen-bond donors (Lipinski definition) is 1. The standard InChI is InChI=1S/C13H10BrN3O4/c14-12-6-5-10(21-12)8-15-16-13(18)7-9-3-1-2-4-11(9)17(19)20/h1-6,8H,7H2,(H,16,18)/b15-8+. The van der Waals surface area contributed by atoms with Crippen molar-refractivity contribution in [3.63, 3.8) is 0 Å². The van der Waals surface area contributed by atoms with E-state index in [2.05, 4.69) is 26.5 Å². The molecule has 0 saturated carbocycles. The van der Waals surface area contributed by atoms with Gasteiger partial charge in [-0.25, -0.2) is 5.43 Å². The number of benzene rings is 1. The summed E-state index contributed by atoms with van der Waals surface area (Å²) in [7, 11) is 0. The van der Waals surface area contributed by atoms with Gasteiger partial charge >= 0.3 is 0 Å². The van der Waals surface area contributed by atoms with Gasteiger partial charge in [-0.15, -0.1) is 0 Å². The van der Waals surface area contributed by atoms with E-state index in [-0.39, 0.29) is 12.1 Å². The molecule has 108 valence electrons. The average Bonchev–Trinajstić information content (AvgIpc) is 2.85. The van der Waals surface area contributed by atoms with Crippen molar-refractivity contribution in [2.75, 3.05) is 0 Å². The van der Waals surface area contributed by atoms with Crippen molar-refractivity contribution < 1.29 is 14.1 Å². The molecule has 0 fully saturated rings. The molecule has 2 aromatic rings. The smallest absolute Gasteiger partial charge is 0.273 e. The lowest BCUT2D eigenvalue weighted by molar-refractivity contribution is -0.385. The highest BCUT2D eigenvalue weighted by molar-refractivity contribution is 9.10. The van der Waals surface area contributed by atoms with E-state index >= 15 is 0 Å². The van der Waals surface area contributed by atoms with E-state index in [1.807, 2.05) is 0 Å². The van der Waals surface area contributed by atoms with Crippen LogP contribution in [-0.4, -0.2) is 17.0 Å². The molecule has 2 rings (SSSR count). The van der Waals surface area contributed by atoms with Gasteiger partial charge in [0.2, 0.25) is 5.91 Å². The summed E-state index contributed by atoms with van der Waals surface area (Å²) in [6.45, 7) is 0. The number of halogens is 1. The molecule has 0 bridgehead atoms. The molecule has 0 aliphatic heterocycles. The van der Waals surface area contributed by atoms with Gasteiger partial charge in [-0.2, -0.15) is 5.10 Å². The number of carbonyl (C=O) groups is 1. The minimum Gasteiger partial charge on any atom is -0.448 e. The third kappa shape index (κ3) is 4.25. The minimum absolute atomic E-state index is 0.0911. The Bertz CT molecular complexity index is 696. The van der Waals surface area contributed by atoms with Crippen molar-refractivity contribution >= 4 is 33.7 Å². The Labute approximate surface area is 127 Å². The highest BCUT2D eigenvalue weighted by atomic mass is 79.9. The van der Waals surface area contributed by atoms with Crippen molar-refractivity contribution in [2.24, 2.45) is 5.10 Å². The van der Waals surface area contributed by atoms with E-state index in [0.29, 0.717) is 16.0 Å². The molecule has 1 N–H and O–H groups in total. The summed E-state index contributed by atoms with van der Waals surface area (Å²) >= 11 is 3.14. The molecular weight excluding hydrogens is 342 g/mol. The molecule has 0 atom stereocenters. The van der Waals surface area contributed by atoms with Crippen LogP contribution in [0.2, 0.25) is 0 Å². The summed E-state index contributed by atoms with van der Waals surface area (Å²) in [5, 5.41) is 14.5. The Hall–Kier alpha value is -2.48. The van der Waals surface area contributed by atoms with Crippen LogP contribution < -0.4 is 5.43 Å². The first-order valence-electron chi connectivity index (χ1n) is 5.86. The molecule has 21 heavy (non-hydrogen) atoms. The highest BCUT2D eigenvalue weighted by Gasteiger charge is 2.14. The highest BCUT2D eigenvalue weighted by Crippen LogP contribution is 2.17. The van der Waals surface area contributed by atoms with E-state index in [4.69, 9.17) is 4.42 Å². The number of nitrogens with one attached hydrogen (secondary N) is 1. The number of furan rings is 1. The first-order valence-corrected chi connectivity index (χ1v) is 6.65. The Morgan fingerprint density at radius 3 is 2.81 bits per heavy atom. The molecule has 0 unspecified atom stereocenters. The average molecular weight is 352 g/mol. The van der Waals surface area contributed by atoms with Crippen LogP contribution in [0.4, 0.5) is 5.69 Å². The van der Waals surface area contributed by atoms with Gasteiger partial charge in [-0.3, -0.25) is 14.9 Å². The number of hydrogen-bond acceptors (Lipinski definition) is 5. The van der Waals surface area contributed by atoms with Crippen molar-refractivity contribution in [1.82, 2.24) is 5.43 Å². The Morgan fingerprint density at radius 1 is 1.38 bits per heavy atom. The zero-order chi connectivity index (χ0) is 15.2. The van der Waals surface area contributed by atoms with Crippen LogP contribution in [0.5, 0.6) is 0 Å². The normalized spacial score (nSPS) is 10.7. The van der Waals surface area contributed by atoms with E-state index in [0.717, 1.165) is 0 Å². The Kier molecular flexibility index (Phi) is 4.83. The first kappa shape index (κ1) is 14.9. The van der Waals surface area contributed by atoms with Crippen LogP contribution in [-0.2, 0) is 11.2 Å². The zero-order valence-electron chi connectivity index (χ0n) is 10.7. The lowest BCUT2D eigenvalue weighted by Gasteiger charge is -2.01. The molecule has 1 aromatic heterocycles. The van der Waals surface area contributed by atoms with Crippen molar-refractivity contribution in [3.8, 4) is 0 Å². The second-order valence-electron chi connectivity index (χ2n) is 4.00. The lowest BCUT2D eigenvalue weighted by Crippen LogP contribution is -2.20. The summed E-state index contributed by atoms with van der Waals surface area (Å²) in [5.41, 5.74) is 2.53. The SMILES string of the molecule is O=C(Cc1ccccc1[N+](=O)[O-])N/N=C/c1ccc(Br)o1. The van der Waals surface area contributed by atoms with Gasteiger partial charge in [0.1, 0.15) is 5.76 Å². The van der Waals surface area contributed by atoms with Gasteiger partial charge in [0, 0.05) is 11.6 Å². The largest absolute Gasteiger partial charge is 0.448 e. The molecule has 1 amide bonds. The van der Waals surface area contributed by atoms with Crippen LogP contribution >= 0.6 is 15.9 Å². The van der Waals surface area contributed by atoms with E-state index in [1.54, 1.807) is 24.3 Å². The number of rotatable bonds is 5. The Morgan fingerprint density at radius 2 is 2.14 bits per heavy atom. The molecule has 0 radical (unpaired) electrons. The summed E-state index contributed by atoms with van der Waals surface area (Å²) in [5.74, 6) is 0.0130. The number of nitro groups is 1. The number of para-hydroxylation sites is 1. The zero-order valence-corrected chi connectivity index (χ0v) is 12.2. The minimum atomic E-state index is -0.522. The number of amides is 1. The van der Waals surface area contributed by atoms with Crippen LogP contribution in [0.15, 0.2) is 50.6 Å². The van der Waals surface area contributed by atoms with Crippen LogP contribution in [0.3, 0.4) is 0 Å². The fraction of sp³-hybridized carbons (Fsp3) is 0.0769. The van der Waals surface area contributed by atoms with Crippen LogP contribution in [0.25, 0.3) is 0 Å².